The number of Topliss-reactive ketones (excluding diaryl/α,β-unsaturated/α-hetero) is 1. The smallest absolute Gasteiger partial charge is 0.220 e. The topological polar surface area (TPSA) is 84.2 Å². The molecule has 9 rings (SSSR count). The molecule has 7 nitrogen and oxygen atoms in total. The Morgan fingerprint density at radius 1 is 0.706 bits per heavy atom. The lowest BCUT2D eigenvalue weighted by Crippen LogP contribution is -2.51. The Morgan fingerprint density at radius 2 is 1.20 bits per heavy atom. The molecule has 0 bridgehead atoms. The predicted octanol–water partition coefficient (Wildman–Crippen LogP) is 8.94. The minimum Gasteiger partial charge on any atom is -0.357 e. The summed E-state index contributed by atoms with van der Waals surface area (Å²) >= 11 is 0. The van der Waals surface area contributed by atoms with Crippen molar-refractivity contribution >= 4 is 33.5 Å². The first kappa shape index (κ1) is 34.7. The van der Waals surface area contributed by atoms with Crippen LogP contribution >= 0.6 is 0 Å². The van der Waals surface area contributed by atoms with E-state index < -0.39 is 0 Å². The molecule has 3 fully saturated rings. The van der Waals surface area contributed by atoms with Crippen LogP contribution in [0.15, 0.2) is 48.5 Å². The van der Waals surface area contributed by atoms with Gasteiger partial charge in [0, 0.05) is 70.6 Å². The normalized spacial score (nSPS) is 28.0. The number of para-hydroxylation sites is 2. The number of hydrogen-bond donors (Lipinski definition) is 3. The van der Waals surface area contributed by atoms with E-state index in [0.717, 1.165) is 64.6 Å². The number of fused-ring (bicyclic) bond motifs is 10. The summed E-state index contributed by atoms with van der Waals surface area (Å²) in [4.78, 5) is 37.9. The van der Waals surface area contributed by atoms with Crippen molar-refractivity contribution in [3.63, 3.8) is 0 Å². The lowest BCUT2D eigenvalue weighted by Gasteiger charge is -2.51. The van der Waals surface area contributed by atoms with Crippen LogP contribution in [0.5, 0.6) is 0 Å². The van der Waals surface area contributed by atoms with Gasteiger partial charge in [0.05, 0.1) is 12.1 Å². The Kier molecular flexibility index (Phi) is 9.64. The summed E-state index contributed by atoms with van der Waals surface area (Å²) in [6.45, 7) is 10.9. The van der Waals surface area contributed by atoms with Crippen molar-refractivity contribution in [1.29, 1.82) is 0 Å². The Bertz CT molecular complexity index is 1880. The van der Waals surface area contributed by atoms with E-state index in [0.29, 0.717) is 36.8 Å². The number of aromatic amines is 2. The molecule has 1 amide bonds. The molecular weight excluding hydrogens is 631 g/mol. The minimum absolute atomic E-state index is 0.0387. The SMILES string of the molecule is CC[C@@]1(CC(=O)NC2CCCC2)CCCN2CCc3c([nH]c4ccccc34)[C@@H]21.CC[C@@]1(CC(C)=O)CCCN2CCc3c([nH]c4ccccc34)[C@@H]21. The number of nitrogens with one attached hydrogen (secondary N) is 3. The molecule has 2 aromatic heterocycles. The molecule has 272 valence electrons. The van der Waals surface area contributed by atoms with Crippen molar-refractivity contribution in [2.75, 3.05) is 26.2 Å². The first-order chi connectivity index (χ1) is 24.8. The van der Waals surface area contributed by atoms with Crippen LogP contribution in [0.1, 0.15) is 132 Å². The number of piperidine rings is 2. The summed E-state index contributed by atoms with van der Waals surface area (Å²) in [6.07, 6.45) is 15.3. The molecule has 4 atom stereocenters. The van der Waals surface area contributed by atoms with Crippen LogP contribution in [0.25, 0.3) is 21.8 Å². The van der Waals surface area contributed by atoms with Crippen molar-refractivity contribution in [3.05, 3.63) is 71.0 Å². The Morgan fingerprint density at radius 3 is 1.69 bits per heavy atom. The van der Waals surface area contributed by atoms with E-state index in [4.69, 9.17) is 0 Å². The van der Waals surface area contributed by atoms with Gasteiger partial charge in [-0.25, -0.2) is 0 Å². The highest BCUT2D eigenvalue weighted by Gasteiger charge is 2.49. The molecule has 0 radical (unpaired) electrons. The molecule has 6 heterocycles. The average Bonchev–Trinajstić information content (AvgIpc) is 3.89. The first-order valence-electron chi connectivity index (χ1n) is 20.3. The third-order valence-corrected chi connectivity index (χ3v) is 13.9. The number of hydrogen-bond acceptors (Lipinski definition) is 4. The molecule has 51 heavy (non-hydrogen) atoms. The van der Waals surface area contributed by atoms with Gasteiger partial charge in [0.1, 0.15) is 5.78 Å². The lowest BCUT2D eigenvalue weighted by atomic mass is 9.65. The van der Waals surface area contributed by atoms with E-state index in [9.17, 15) is 9.59 Å². The molecule has 0 unspecified atom stereocenters. The van der Waals surface area contributed by atoms with Gasteiger partial charge in [0.25, 0.3) is 0 Å². The van der Waals surface area contributed by atoms with Gasteiger partial charge >= 0.3 is 0 Å². The molecule has 4 aliphatic heterocycles. The number of rotatable bonds is 7. The molecular formula is C44H59N5O2. The molecule has 4 aromatic rings. The van der Waals surface area contributed by atoms with Gasteiger partial charge in [-0.3, -0.25) is 14.6 Å². The van der Waals surface area contributed by atoms with Crippen molar-refractivity contribution in [2.45, 2.75) is 129 Å². The number of amides is 1. The highest BCUT2D eigenvalue weighted by atomic mass is 16.1. The molecule has 3 N–H and O–H groups in total. The molecule has 1 aliphatic carbocycles. The highest BCUT2D eigenvalue weighted by molar-refractivity contribution is 5.86. The van der Waals surface area contributed by atoms with Crippen LogP contribution in [-0.2, 0) is 22.4 Å². The first-order valence-corrected chi connectivity index (χ1v) is 20.3. The van der Waals surface area contributed by atoms with Gasteiger partial charge < -0.3 is 20.1 Å². The number of H-pyrrole nitrogens is 2. The van der Waals surface area contributed by atoms with Crippen molar-refractivity contribution < 1.29 is 9.59 Å². The minimum atomic E-state index is 0.0387. The fourth-order valence-corrected chi connectivity index (χ4v) is 11.5. The zero-order chi connectivity index (χ0) is 35.2. The number of ketones is 1. The molecule has 1 saturated carbocycles. The fourth-order valence-electron chi connectivity index (χ4n) is 11.5. The van der Waals surface area contributed by atoms with Gasteiger partial charge in [0.15, 0.2) is 0 Å². The van der Waals surface area contributed by atoms with E-state index in [-0.39, 0.29) is 16.7 Å². The predicted molar refractivity (Wildman–Crippen MR) is 207 cm³/mol. The fraction of sp³-hybridized carbons (Fsp3) is 0.591. The van der Waals surface area contributed by atoms with Crippen LogP contribution in [0.2, 0.25) is 0 Å². The largest absolute Gasteiger partial charge is 0.357 e. The van der Waals surface area contributed by atoms with E-state index in [1.807, 2.05) is 0 Å². The monoisotopic (exact) mass is 689 g/mol. The average molecular weight is 690 g/mol. The summed E-state index contributed by atoms with van der Waals surface area (Å²) in [5, 5.41) is 6.12. The third kappa shape index (κ3) is 6.26. The second-order valence-electron chi connectivity index (χ2n) is 16.7. The van der Waals surface area contributed by atoms with Crippen molar-refractivity contribution in [2.24, 2.45) is 10.8 Å². The summed E-state index contributed by atoms with van der Waals surface area (Å²) in [7, 11) is 0. The molecule has 2 aromatic carbocycles. The summed E-state index contributed by atoms with van der Waals surface area (Å²) in [6, 6.07) is 18.5. The number of carbonyl (C=O) groups is 2. The van der Waals surface area contributed by atoms with E-state index in [1.165, 1.54) is 83.0 Å². The molecule has 7 heteroatoms. The standard InChI is InChI=1S/C24H33N3O.C20H26N2O/c1-2-24(16-21(28)25-17-8-3-4-9-17)13-7-14-27-15-12-19-18-10-5-6-11-20(18)26-22(19)23(24)27;1-3-20(13-14(2)23)10-6-11-22-12-9-16-15-7-4-5-8-17(15)21-18(16)19(20)22/h5-6,10-11,17,23,26H,2-4,7-9,12-16H2,1H3,(H,25,28);4-5,7-8,19,21H,3,6,9-13H2,1-2H3/t23-,24+;19-,20+/m11/s1. The highest BCUT2D eigenvalue weighted by Crippen LogP contribution is 2.55. The third-order valence-electron chi connectivity index (χ3n) is 13.9. The van der Waals surface area contributed by atoms with Crippen molar-refractivity contribution in [1.82, 2.24) is 25.1 Å². The Hall–Kier alpha value is -3.42. The number of benzene rings is 2. The van der Waals surface area contributed by atoms with Crippen LogP contribution in [0.3, 0.4) is 0 Å². The van der Waals surface area contributed by atoms with Gasteiger partial charge in [-0.05, 0) is 113 Å². The van der Waals surface area contributed by atoms with Crippen LogP contribution in [0.4, 0.5) is 0 Å². The van der Waals surface area contributed by atoms with Crippen LogP contribution in [-0.4, -0.2) is 63.7 Å². The Labute approximate surface area is 304 Å². The van der Waals surface area contributed by atoms with E-state index >= 15 is 0 Å². The van der Waals surface area contributed by atoms with Gasteiger partial charge in [-0.2, -0.15) is 0 Å². The second-order valence-corrected chi connectivity index (χ2v) is 16.7. The maximum atomic E-state index is 13.1. The molecule has 5 aliphatic rings. The summed E-state index contributed by atoms with van der Waals surface area (Å²) < 4.78 is 0. The van der Waals surface area contributed by atoms with Gasteiger partial charge in [0.2, 0.25) is 5.91 Å². The second kappa shape index (κ2) is 14.2. The van der Waals surface area contributed by atoms with E-state index in [1.54, 1.807) is 6.92 Å². The van der Waals surface area contributed by atoms with Crippen molar-refractivity contribution in [3.8, 4) is 0 Å². The number of carbonyl (C=O) groups excluding carboxylic acids is 2. The maximum Gasteiger partial charge on any atom is 0.220 e. The lowest BCUT2D eigenvalue weighted by molar-refractivity contribution is -0.127. The maximum absolute atomic E-state index is 13.1. The summed E-state index contributed by atoms with van der Waals surface area (Å²) in [5.41, 5.74) is 8.40. The zero-order valence-electron chi connectivity index (χ0n) is 31.3. The molecule has 2 saturated heterocycles. The van der Waals surface area contributed by atoms with E-state index in [2.05, 4.69) is 87.5 Å². The molecule has 0 spiro atoms. The number of nitrogens with zero attached hydrogens (tertiary/aromatic N) is 2. The van der Waals surface area contributed by atoms with Gasteiger partial charge in [-0.15, -0.1) is 0 Å². The van der Waals surface area contributed by atoms with Gasteiger partial charge in [-0.1, -0.05) is 63.1 Å². The Balaban J connectivity index is 0.000000150. The van der Waals surface area contributed by atoms with Crippen LogP contribution < -0.4 is 5.32 Å². The number of aromatic nitrogens is 2. The quantitative estimate of drug-likeness (QED) is 0.181. The summed E-state index contributed by atoms with van der Waals surface area (Å²) in [5.74, 6) is 0.607. The van der Waals surface area contributed by atoms with Crippen LogP contribution in [0, 0.1) is 10.8 Å². The zero-order valence-corrected chi connectivity index (χ0v) is 31.3.